The van der Waals surface area contributed by atoms with Crippen LogP contribution < -0.4 is 4.74 Å². The predicted molar refractivity (Wildman–Crippen MR) is 102 cm³/mol. The molecule has 3 aromatic rings. The van der Waals surface area contributed by atoms with Crippen LogP contribution in [0.4, 0.5) is 13.2 Å². The molecule has 1 fully saturated rings. The number of aromatic nitrogens is 3. The maximum absolute atomic E-state index is 13.0. The predicted octanol–water partition coefficient (Wildman–Crippen LogP) is 3.75. The van der Waals surface area contributed by atoms with Crippen molar-refractivity contribution in [3.05, 3.63) is 35.4 Å². The molecule has 1 N–H and O–H groups in total. The molecule has 0 saturated carbocycles. The van der Waals surface area contributed by atoms with E-state index in [0.717, 1.165) is 31.6 Å². The molecule has 1 aliphatic heterocycles. The Bertz CT molecular complexity index is 1050. The third-order valence-corrected chi connectivity index (χ3v) is 5.22. The average Bonchev–Trinajstić information content (AvgIpc) is 3.17. The first-order valence-corrected chi connectivity index (χ1v) is 9.23. The van der Waals surface area contributed by atoms with Gasteiger partial charge in [-0.25, -0.2) is 4.98 Å². The van der Waals surface area contributed by atoms with Crippen molar-refractivity contribution in [3.63, 3.8) is 0 Å². The molecule has 154 valence electrons. The molecule has 6 nitrogen and oxygen atoms in total. The summed E-state index contributed by atoms with van der Waals surface area (Å²) in [4.78, 5) is 11.1. The average molecular weight is 406 g/mol. The Balaban J connectivity index is 1.72. The van der Waals surface area contributed by atoms with Crippen LogP contribution in [0.25, 0.3) is 22.6 Å². The second-order valence-electron chi connectivity index (χ2n) is 7.46. The van der Waals surface area contributed by atoms with Crippen molar-refractivity contribution in [2.75, 3.05) is 20.1 Å². The van der Waals surface area contributed by atoms with Crippen molar-refractivity contribution in [3.8, 4) is 23.0 Å². The first-order chi connectivity index (χ1) is 13.6. The van der Waals surface area contributed by atoms with Gasteiger partial charge in [-0.05, 0) is 44.2 Å². The number of likely N-dealkylation sites (tertiary alicyclic amines) is 1. The minimum Gasteiger partial charge on any atom is -0.507 e. The molecule has 29 heavy (non-hydrogen) atoms. The highest BCUT2D eigenvalue weighted by Crippen LogP contribution is 2.39. The monoisotopic (exact) mass is 406 g/mol. The van der Waals surface area contributed by atoms with Crippen molar-refractivity contribution in [2.45, 2.75) is 25.6 Å². The highest BCUT2D eigenvalue weighted by molar-refractivity contribution is 5.80. The summed E-state index contributed by atoms with van der Waals surface area (Å²) in [6, 6.07) is 5.29. The third-order valence-electron chi connectivity index (χ3n) is 5.22. The summed E-state index contributed by atoms with van der Waals surface area (Å²) in [6.45, 7) is 3.31. The zero-order chi connectivity index (χ0) is 20.9. The van der Waals surface area contributed by atoms with Crippen molar-refractivity contribution >= 4 is 11.2 Å². The topological polar surface area (TPSA) is 63.4 Å². The number of pyridine rings is 1. The number of hydrogen-bond acceptors (Lipinski definition) is 5. The lowest BCUT2D eigenvalue weighted by atomic mass is 10.0. The zero-order valence-corrected chi connectivity index (χ0v) is 16.3. The largest absolute Gasteiger partial charge is 0.507 e. The molecule has 1 atom stereocenters. The number of likely N-dealkylation sites (N-methyl/N-ethyl adjacent to an activating group) is 1. The number of aromatic hydroxyl groups is 1. The van der Waals surface area contributed by atoms with Crippen LogP contribution in [0.5, 0.6) is 11.6 Å². The fraction of sp³-hybridized carbons (Fsp3) is 0.400. The molecule has 0 spiro atoms. The number of halogens is 3. The van der Waals surface area contributed by atoms with E-state index >= 15 is 0 Å². The highest BCUT2D eigenvalue weighted by atomic mass is 19.4. The van der Waals surface area contributed by atoms with Crippen molar-refractivity contribution in [2.24, 2.45) is 7.05 Å². The molecule has 2 aromatic heterocycles. The van der Waals surface area contributed by atoms with E-state index in [1.165, 1.54) is 6.92 Å². The highest BCUT2D eigenvalue weighted by Gasteiger charge is 2.32. The molecule has 1 aliphatic rings. The van der Waals surface area contributed by atoms with Crippen molar-refractivity contribution in [1.29, 1.82) is 0 Å². The number of rotatable bonds is 3. The lowest BCUT2D eigenvalue weighted by Crippen LogP contribution is -2.21. The van der Waals surface area contributed by atoms with Gasteiger partial charge in [-0.1, -0.05) is 0 Å². The molecule has 0 unspecified atom stereocenters. The summed E-state index contributed by atoms with van der Waals surface area (Å²) in [5.74, 6) is 0.325. The van der Waals surface area contributed by atoms with E-state index in [9.17, 15) is 18.3 Å². The number of phenols is 1. The van der Waals surface area contributed by atoms with Gasteiger partial charge in [0.15, 0.2) is 5.65 Å². The second kappa shape index (κ2) is 6.91. The minimum atomic E-state index is -4.53. The normalized spacial score (nSPS) is 17.9. The number of imidazole rings is 1. The SMILES string of the molecule is Cc1cc(C(F)(F)F)cc(O)c1-c1nc2nc(O[C@@H]3CCN(C)C3)ccc2n1C. The number of phenolic OH excluding ortho intramolecular Hbond substituents is 1. The van der Waals surface area contributed by atoms with E-state index in [2.05, 4.69) is 14.9 Å². The maximum Gasteiger partial charge on any atom is 0.416 e. The fourth-order valence-electron chi connectivity index (χ4n) is 3.73. The molecule has 1 saturated heterocycles. The standard InChI is InChI=1S/C20H21F3N4O2/c1-11-8-12(20(21,22)23)9-15(28)17(11)19-25-18-14(27(19)3)4-5-16(24-18)29-13-6-7-26(2)10-13/h4-5,8-9,13,28H,6-7,10H2,1-3H3/t13-/m1/s1. The van der Waals surface area contributed by atoms with Crippen LogP contribution in [0.2, 0.25) is 0 Å². The molecular formula is C20H21F3N4O2. The molecule has 1 aromatic carbocycles. The lowest BCUT2D eigenvalue weighted by molar-refractivity contribution is -0.137. The van der Waals surface area contributed by atoms with Gasteiger partial charge in [0.25, 0.3) is 0 Å². The summed E-state index contributed by atoms with van der Waals surface area (Å²) >= 11 is 0. The van der Waals surface area contributed by atoms with Crippen molar-refractivity contribution in [1.82, 2.24) is 19.4 Å². The Morgan fingerprint density at radius 3 is 2.55 bits per heavy atom. The van der Waals surface area contributed by atoms with E-state index in [0.29, 0.717) is 22.9 Å². The third kappa shape index (κ3) is 3.62. The van der Waals surface area contributed by atoms with Crippen LogP contribution in [0.1, 0.15) is 17.5 Å². The first-order valence-electron chi connectivity index (χ1n) is 9.23. The lowest BCUT2D eigenvalue weighted by Gasteiger charge is -2.13. The van der Waals surface area contributed by atoms with Gasteiger partial charge in [-0.2, -0.15) is 18.2 Å². The summed E-state index contributed by atoms with van der Waals surface area (Å²) < 4.78 is 46.6. The number of ether oxygens (including phenoxy) is 1. The van der Waals surface area contributed by atoms with Crippen LogP contribution >= 0.6 is 0 Å². The van der Waals surface area contributed by atoms with Gasteiger partial charge in [0, 0.05) is 26.2 Å². The van der Waals surface area contributed by atoms with Gasteiger partial charge in [0.1, 0.15) is 17.7 Å². The number of nitrogens with zero attached hydrogens (tertiary/aromatic N) is 4. The molecule has 0 amide bonds. The van der Waals surface area contributed by atoms with Gasteiger partial charge in [-0.3, -0.25) is 0 Å². The Hall–Kier alpha value is -2.81. The van der Waals surface area contributed by atoms with E-state index in [1.54, 1.807) is 17.7 Å². The van der Waals surface area contributed by atoms with Crippen molar-refractivity contribution < 1.29 is 23.0 Å². The fourth-order valence-corrected chi connectivity index (χ4v) is 3.73. The Kier molecular flexibility index (Phi) is 4.65. The molecule has 0 aliphatic carbocycles. The van der Waals surface area contributed by atoms with E-state index in [-0.39, 0.29) is 17.2 Å². The van der Waals surface area contributed by atoms with Gasteiger partial charge < -0.3 is 19.3 Å². The Morgan fingerprint density at radius 2 is 1.93 bits per heavy atom. The molecular weight excluding hydrogens is 385 g/mol. The smallest absolute Gasteiger partial charge is 0.416 e. The van der Waals surface area contributed by atoms with E-state index in [1.807, 2.05) is 13.1 Å². The van der Waals surface area contributed by atoms with Gasteiger partial charge in [0.05, 0.1) is 16.6 Å². The van der Waals surface area contributed by atoms with Gasteiger partial charge >= 0.3 is 6.18 Å². The van der Waals surface area contributed by atoms with E-state index < -0.39 is 17.5 Å². The summed E-state index contributed by atoms with van der Waals surface area (Å²) in [5, 5.41) is 10.3. The zero-order valence-electron chi connectivity index (χ0n) is 16.3. The van der Waals surface area contributed by atoms with Gasteiger partial charge in [-0.15, -0.1) is 0 Å². The maximum atomic E-state index is 13.0. The Morgan fingerprint density at radius 1 is 1.17 bits per heavy atom. The Labute approximate surface area is 165 Å². The summed E-state index contributed by atoms with van der Waals surface area (Å²) in [7, 11) is 3.76. The van der Waals surface area contributed by atoms with Crippen LogP contribution in [0, 0.1) is 6.92 Å². The van der Waals surface area contributed by atoms with Crippen LogP contribution in [-0.2, 0) is 13.2 Å². The quantitative estimate of drug-likeness (QED) is 0.718. The number of alkyl halides is 3. The minimum absolute atomic E-state index is 0.0642. The molecule has 0 radical (unpaired) electrons. The van der Waals surface area contributed by atoms with Crippen LogP contribution in [0.15, 0.2) is 24.3 Å². The molecule has 4 rings (SSSR count). The number of benzene rings is 1. The summed E-state index contributed by atoms with van der Waals surface area (Å²) in [6.07, 6.45) is -3.55. The van der Waals surface area contributed by atoms with E-state index in [4.69, 9.17) is 4.74 Å². The molecule has 9 heteroatoms. The molecule has 0 bridgehead atoms. The number of fused-ring (bicyclic) bond motifs is 1. The van der Waals surface area contributed by atoms with Crippen LogP contribution in [0.3, 0.4) is 0 Å². The number of aryl methyl sites for hydroxylation is 2. The van der Waals surface area contributed by atoms with Gasteiger partial charge in [0.2, 0.25) is 5.88 Å². The second-order valence-corrected chi connectivity index (χ2v) is 7.46. The summed E-state index contributed by atoms with van der Waals surface area (Å²) in [5.41, 5.74) is 0.726. The molecule has 3 heterocycles. The van der Waals surface area contributed by atoms with Crippen LogP contribution in [-0.4, -0.2) is 50.8 Å². The number of hydrogen-bond donors (Lipinski definition) is 1. The first kappa shape index (κ1) is 19.5.